The van der Waals surface area contributed by atoms with Crippen molar-refractivity contribution in [2.24, 2.45) is 0 Å². The van der Waals surface area contributed by atoms with Gasteiger partial charge in [0.15, 0.2) is 0 Å². The third-order valence-corrected chi connectivity index (χ3v) is 12.2. The molecule has 0 heterocycles. The Morgan fingerprint density at radius 3 is 1.37 bits per heavy atom. The monoisotopic (exact) mass is 829 g/mol. The molecule has 1 amide bonds. The van der Waals surface area contributed by atoms with Crippen LogP contribution in [-0.4, -0.2) is 68.5 Å². The number of rotatable bonds is 45. The lowest BCUT2D eigenvalue weighted by molar-refractivity contribution is -0.870. The lowest BCUT2D eigenvalue weighted by atomic mass is 10.0. The van der Waals surface area contributed by atoms with Crippen LogP contribution in [0.1, 0.15) is 239 Å². The van der Waals surface area contributed by atoms with Crippen molar-refractivity contribution in [1.29, 1.82) is 0 Å². The van der Waals surface area contributed by atoms with Gasteiger partial charge in [0, 0.05) is 6.42 Å². The average Bonchev–Trinajstić information content (AvgIpc) is 3.16. The number of likely N-dealkylation sites (N-methyl/N-ethyl adjacent to an activating group) is 1. The van der Waals surface area contributed by atoms with Gasteiger partial charge in [-0.2, -0.15) is 0 Å². The standard InChI is InChI=1S/C48H97N2O6P/c1-6-8-10-12-14-16-18-19-20-21-22-23-24-25-26-27-28-29-30-32-34-36-38-40-42-48(52)49-46(45-56-57(53,54)55-44-43-50(3,4)5)47(51)41-39-37-35-33-31-17-15-13-11-9-7-2/h25-26,46-47,51H,6-24,27-45H2,1-5H3,(H-,49,52,53,54)/b26-25-. The molecule has 0 rings (SSSR count). The van der Waals surface area contributed by atoms with Gasteiger partial charge in [0.25, 0.3) is 7.82 Å². The highest BCUT2D eigenvalue weighted by Crippen LogP contribution is 2.38. The van der Waals surface area contributed by atoms with E-state index in [9.17, 15) is 19.4 Å². The summed E-state index contributed by atoms with van der Waals surface area (Å²) < 4.78 is 23.3. The van der Waals surface area contributed by atoms with E-state index in [1.54, 1.807) is 0 Å². The van der Waals surface area contributed by atoms with Gasteiger partial charge in [-0.25, -0.2) is 0 Å². The summed E-state index contributed by atoms with van der Waals surface area (Å²) >= 11 is 0. The van der Waals surface area contributed by atoms with Crippen LogP contribution in [0.2, 0.25) is 0 Å². The minimum absolute atomic E-state index is 0.0134. The zero-order valence-electron chi connectivity index (χ0n) is 38.6. The lowest BCUT2D eigenvalue weighted by Gasteiger charge is -2.30. The van der Waals surface area contributed by atoms with E-state index in [-0.39, 0.29) is 19.1 Å². The number of allylic oxidation sites excluding steroid dienone is 2. The van der Waals surface area contributed by atoms with Gasteiger partial charge in [0.1, 0.15) is 13.2 Å². The van der Waals surface area contributed by atoms with Crippen LogP contribution in [-0.2, 0) is 18.4 Å². The van der Waals surface area contributed by atoms with Crippen molar-refractivity contribution in [3.63, 3.8) is 0 Å². The Morgan fingerprint density at radius 1 is 0.596 bits per heavy atom. The van der Waals surface area contributed by atoms with Crippen molar-refractivity contribution in [3.05, 3.63) is 12.2 Å². The van der Waals surface area contributed by atoms with Gasteiger partial charge >= 0.3 is 0 Å². The lowest BCUT2D eigenvalue weighted by Crippen LogP contribution is -2.46. The van der Waals surface area contributed by atoms with Gasteiger partial charge in [0.05, 0.1) is 39.9 Å². The van der Waals surface area contributed by atoms with Crippen LogP contribution >= 0.6 is 7.82 Å². The second-order valence-electron chi connectivity index (χ2n) is 18.2. The minimum atomic E-state index is -4.56. The molecule has 0 aliphatic carbocycles. The van der Waals surface area contributed by atoms with E-state index in [1.807, 2.05) is 21.1 Å². The van der Waals surface area contributed by atoms with E-state index < -0.39 is 20.0 Å². The van der Waals surface area contributed by atoms with Crippen molar-refractivity contribution < 1.29 is 32.9 Å². The zero-order chi connectivity index (χ0) is 42.1. The van der Waals surface area contributed by atoms with Crippen molar-refractivity contribution in [2.45, 2.75) is 251 Å². The van der Waals surface area contributed by atoms with E-state index in [0.29, 0.717) is 23.9 Å². The number of amides is 1. The van der Waals surface area contributed by atoms with Gasteiger partial charge < -0.3 is 28.8 Å². The smallest absolute Gasteiger partial charge is 0.268 e. The fourth-order valence-corrected chi connectivity index (χ4v) is 8.05. The minimum Gasteiger partial charge on any atom is -0.756 e. The quantitative estimate of drug-likeness (QED) is 0.0274. The van der Waals surface area contributed by atoms with E-state index in [4.69, 9.17) is 9.05 Å². The maximum atomic E-state index is 12.9. The summed E-state index contributed by atoms with van der Waals surface area (Å²) in [6.07, 6.45) is 46.6. The first-order chi connectivity index (χ1) is 27.5. The van der Waals surface area contributed by atoms with Gasteiger partial charge in [-0.3, -0.25) is 9.36 Å². The molecule has 9 heteroatoms. The Balaban J connectivity index is 4.15. The fourth-order valence-electron chi connectivity index (χ4n) is 7.33. The molecule has 340 valence electrons. The largest absolute Gasteiger partial charge is 0.756 e. The summed E-state index contributed by atoms with van der Waals surface area (Å²) in [5, 5.41) is 13.9. The summed E-state index contributed by atoms with van der Waals surface area (Å²) in [7, 11) is 1.31. The topological polar surface area (TPSA) is 108 Å². The highest BCUT2D eigenvalue weighted by Gasteiger charge is 2.24. The molecule has 57 heavy (non-hydrogen) atoms. The summed E-state index contributed by atoms with van der Waals surface area (Å²) in [6.45, 7) is 4.72. The molecule has 3 unspecified atom stereocenters. The SMILES string of the molecule is CCCCCCCCCCCCCC/C=C\CCCCCCCCCCC(=O)NC(COP(=O)([O-])OCC[N+](C)(C)C)C(O)CCCCCCCCCCCCC. The molecule has 0 spiro atoms. The second kappa shape index (κ2) is 40.6. The number of aliphatic hydroxyl groups is 1. The number of phosphoric ester groups is 1. The van der Waals surface area contributed by atoms with E-state index >= 15 is 0 Å². The molecule has 2 N–H and O–H groups in total. The maximum Gasteiger partial charge on any atom is 0.268 e. The Bertz CT molecular complexity index is 942. The number of hydrogen-bond donors (Lipinski definition) is 2. The Morgan fingerprint density at radius 2 is 0.965 bits per heavy atom. The molecule has 0 radical (unpaired) electrons. The maximum absolute atomic E-state index is 12.9. The third-order valence-electron chi connectivity index (χ3n) is 11.3. The number of nitrogens with zero attached hydrogens (tertiary/aromatic N) is 1. The van der Waals surface area contributed by atoms with Crippen LogP contribution in [0.3, 0.4) is 0 Å². The van der Waals surface area contributed by atoms with Gasteiger partial charge in [-0.05, 0) is 38.5 Å². The molecule has 8 nitrogen and oxygen atoms in total. The van der Waals surface area contributed by atoms with Crippen molar-refractivity contribution >= 4 is 13.7 Å². The van der Waals surface area contributed by atoms with E-state index in [1.165, 1.54) is 173 Å². The Labute approximate surface area is 354 Å². The fraction of sp³-hybridized carbons (Fsp3) is 0.938. The van der Waals surface area contributed by atoms with Crippen LogP contribution in [0.5, 0.6) is 0 Å². The number of nitrogens with one attached hydrogen (secondary N) is 1. The molecule has 0 bridgehead atoms. The molecule has 0 aliphatic rings. The number of carbonyl (C=O) groups excluding carboxylic acids is 1. The molecule has 0 aromatic heterocycles. The van der Waals surface area contributed by atoms with Gasteiger partial charge in [0.2, 0.25) is 5.91 Å². The molecule has 3 atom stereocenters. The predicted octanol–water partition coefficient (Wildman–Crippen LogP) is 13.3. The number of phosphoric acid groups is 1. The number of unbranched alkanes of at least 4 members (excludes halogenated alkanes) is 30. The predicted molar refractivity (Wildman–Crippen MR) is 242 cm³/mol. The first-order valence-corrected chi connectivity index (χ1v) is 26.0. The zero-order valence-corrected chi connectivity index (χ0v) is 39.5. The average molecular weight is 829 g/mol. The van der Waals surface area contributed by atoms with E-state index in [0.717, 1.165) is 38.5 Å². The summed E-state index contributed by atoms with van der Waals surface area (Å²) in [5.74, 6) is -0.167. The molecular weight excluding hydrogens is 732 g/mol. The number of aliphatic hydroxyl groups excluding tert-OH is 1. The van der Waals surface area contributed by atoms with Crippen LogP contribution < -0.4 is 10.2 Å². The summed E-state index contributed by atoms with van der Waals surface area (Å²) in [4.78, 5) is 25.3. The highest BCUT2D eigenvalue weighted by atomic mass is 31.2. The van der Waals surface area contributed by atoms with Crippen LogP contribution in [0, 0.1) is 0 Å². The number of carbonyl (C=O) groups is 1. The van der Waals surface area contributed by atoms with Crippen LogP contribution in [0.25, 0.3) is 0 Å². The molecule has 0 saturated heterocycles. The molecule has 0 aromatic carbocycles. The molecule has 0 saturated carbocycles. The molecule has 0 aliphatic heterocycles. The number of hydrogen-bond acceptors (Lipinski definition) is 6. The van der Waals surface area contributed by atoms with Gasteiger partial charge in [-0.1, -0.05) is 206 Å². The second-order valence-corrected chi connectivity index (χ2v) is 19.6. The van der Waals surface area contributed by atoms with Crippen molar-refractivity contribution in [2.75, 3.05) is 40.9 Å². The molecule has 0 fully saturated rings. The van der Waals surface area contributed by atoms with Gasteiger partial charge in [-0.15, -0.1) is 0 Å². The molecule has 0 aromatic rings. The third kappa shape index (κ3) is 43.1. The van der Waals surface area contributed by atoms with Crippen molar-refractivity contribution in [3.8, 4) is 0 Å². The van der Waals surface area contributed by atoms with Crippen molar-refractivity contribution in [1.82, 2.24) is 5.32 Å². The Hall–Kier alpha value is -0.760. The normalized spacial score (nSPS) is 14.3. The first kappa shape index (κ1) is 56.2. The van der Waals surface area contributed by atoms with E-state index in [2.05, 4.69) is 31.3 Å². The first-order valence-electron chi connectivity index (χ1n) is 24.5. The van der Waals surface area contributed by atoms with Crippen LogP contribution in [0.15, 0.2) is 12.2 Å². The summed E-state index contributed by atoms with van der Waals surface area (Å²) in [5.41, 5.74) is 0. The molecular formula is C48H97N2O6P. The number of quaternary nitrogens is 1. The Kier molecular flexibility index (Phi) is 40.1. The van der Waals surface area contributed by atoms with Crippen LogP contribution in [0.4, 0.5) is 0 Å². The highest BCUT2D eigenvalue weighted by molar-refractivity contribution is 7.45. The summed E-state index contributed by atoms with van der Waals surface area (Å²) in [6, 6.07) is -0.797.